The molecule has 0 fully saturated rings. The van der Waals surface area contributed by atoms with Gasteiger partial charge >= 0.3 is 5.97 Å². The molecule has 4 heteroatoms. The first-order valence-electron chi connectivity index (χ1n) is 6.03. The number of benzene rings is 1. The number of carbonyl (C=O) groups is 2. The molecular weight excluding hydrogens is 230 g/mol. The topological polar surface area (TPSA) is 66.4 Å². The Morgan fingerprint density at radius 2 is 1.78 bits per heavy atom. The van der Waals surface area contributed by atoms with Gasteiger partial charge in [0.1, 0.15) is 0 Å². The lowest BCUT2D eigenvalue weighted by molar-refractivity contribution is -0.141. The molecule has 0 radical (unpaired) electrons. The Kier molecular flexibility index (Phi) is 4.89. The summed E-state index contributed by atoms with van der Waals surface area (Å²) in [6.45, 7) is 5.81. The smallest absolute Gasteiger partial charge is 0.308 e. The molecule has 98 valence electrons. The normalized spacial score (nSPS) is 11.9. The summed E-state index contributed by atoms with van der Waals surface area (Å²) < 4.78 is 0. The van der Waals surface area contributed by atoms with Crippen molar-refractivity contribution in [2.75, 3.05) is 6.54 Å². The highest BCUT2D eigenvalue weighted by Gasteiger charge is 2.16. The molecule has 1 atom stereocenters. The van der Waals surface area contributed by atoms with Crippen molar-refractivity contribution in [1.29, 1.82) is 0 Å². The summed E-state index contributed by atoms with van der Waals surface area (Å²) >= 11 is 0. The summed E-state index contributed by atoms with van der Waals surface area (Å²) in [5, 5.41) is 11.6. The lowest BCUT2D eigenvalue weighted by Gasteiger charge is -2.11. The molecule has 0 spiro atoms. The molecule has 0 saturated carbocycles. The fraction of sp³-hybridized carbons (Fsp3) is 0.429. The number of carboxylic acids is 1. The van der Waals surface area contributed by atoms with E-state index in [1.165, 1.54) is 0 Å². The number of carbonyl (C=O) groups excluding carboxylic acids is 1. The van der Waals surface area contributed by atoms with E-state index in [1.807, 2.05) is 19.9 Å². The largest absolute Gasteiger partial charge is 0.481 e. The lowest BCUT2D eigenvalue weighted by Crippen LogP contribution is -2.32. The van der Waals surface area contributed by atoms with E-state index in [9.17, 15) is 9.59 Å². The monoisotopic (exact) mass is 249 g/mol. The van der Waals surface area contributed by atoms with E-state index in [-0.39, 0.29) is 12.5 Å². The molecule has 4 nitrogen and oxygen atoms in total. The van der Waals surface area contributed by atoms with Gasteiger partial charge in [0.15, 0.2) is 0 Å². The average Bonchev–Trinajstić information content (AvgIpc) is 2.27. The summed E-state index contributed by atoms with van der Waals surface area (Å²) in [6, 6.07) is 5.58. The molecule has 0 saturated heterocycles. The average molecular weight is 249 g/mol. The Morgan fingerprint density at radius 1 is 1.22 bits per heavy atom. The van der Waals surface area contributed by atoms with Crippen LogP contribution < -0.4 is 5.32 Å². The van der Waals surface area contributed by atoms with Crippen molar-refractivity contribution in [1.82, 2.24) is 5.32 Å². The maximum atomic E-state index is 11.9. The van der Waals surface area contributed by atoms with E-state index in [4.69, 9.17) is 5.11 Å². The van der Waals surface area contributed by atoms with Gasteiger partial charge in [0.25, 0.3) is 5.91 Å². The molecule has 18 heavy (non-hydrogen) atoms. The molecule has 0 aromatic heterocycles. The molecule has 2 N–H and O–H groups in total. The molecule has 1 amide bonds. The first-order chi connectivity index (χ1) is 8.43. The molecule has 0 aliphatic rings. The van der Waals surface area contributed by atoms with Gasteiger partial charge < -0.3 is 10.4 Å². The Balaban J connectivity index is 2.68. The molecule has 1 aromatic carbocycles. The van der Waals surface area contributed by atoms with E-state index < -0.39 is 11.9 Å². The van der Waals surface area contributed by atoms with Gasteiger partial charge in [0, 0.05) is 12.1 Å². The van der Waals surface area contributed by atoms with Gasteiger partial charge in [-0.15, -0.1) is 0 Å². The van der Waals surface area contributed by atoms with Crippen LogP contribution in [0.4, 0.5) is 0 Å². The van der Waals surface area contributed by atoms with Crippen molar-refractivity contribution < 1.29 is 14.7 Å². The fourth-order valence-corrected chi connectivity index (χ4v) is 1.83. The Labute approximate surface area is 107 Å². The zero-order valence-corrected chi connectivity index (χ0v) is 11.0. The molecule has 0 bridgehead atoms. The first kappa shape index (κ1) is 14.2. The number of nitrogens with one attached hydrogen (secondary N) is 1. The third kappa shape index (κ3) is 3.87. The fourth-order valence-electron chi connectivity index (χ4n) is 1.83. The van der Waals surface area contributed by atoms with Crippen LogP contribution >= 0.6 is 0 Å². The minimum absolute atomic E-state index is 0.164. The van der Waals surface area contributed by atoms with E-state index in [1.54, 1.807) is 19.1 Å². The summed E-state index contributed by atoms with van der Waals surface area (Å²) in [4.78, 5) is 22.7. The van der Waals surface area contributed by atoms with Gasteiger partial charge in [-0.3, -0.25) is 9.59 Å². The van der Waals surface area contributed by atoms with Crippen LogP contribution in [0.5, 0.6) is 0 Å². The SMILES string of the molecule is CCC(CNC(=O)c1cc(C)cc(C)c1)C(=O)O. The lowest BCUT2D eigenvalue weighted by atomic mass is 10.1. The van der Waals surface area contributed by atoms with Crippen molar-refractivity contribution in [2.45, 2.75) is 27.2 Å². The summed E-state index contributed by atoms with van der Waals surface area (Å²) in [5.41, 5.74) is 2.61. The van der Waals surface area contributed by atoms with Gasteiger partial charge in [-0.25, -0.2) is 0 Å². The van der Waals surface area contributed by atoms with Gasteiger partial charge in [-0.05, 0) is 32.4 Å². The van der Waals surface area contributed by atoms with Crippen molar-refractivity contribution in [2.24, 2.45) is 5.92 Å². The number of aryl methyl sites for hydroxylation is 2. The highest BCUT2D eigenvalue weighted by atomic mass is 16.4. The Bertz CT molecular complexity index is 434. The van der Waals surface area contributed by atoms with Crippen molar-refractivity contribution in [3.05, 3.63) is 34.9 Å². The number of hydrogen-bond donors (Lipinski definition) is 2. The molecule has 0 aliphatic heterocycles. The zero-order valence-electron chi connectivity index (χ0n) is 11.0. The van der Waals surface area contributed by atoms with Crippen LogP contribution in [0.1, 0.15) is 34.8 Å². The second kappa shape index (κ2) is 6.19. The predicted octanol–water partition coefficient (Wildman–Crippen LogP) is 2.14. The third-order valence-corrected chi connectivity index (χ3v) is 2.83. The van der Waals surface area contributed by atoms with Crippen LogP contribution in [0.15, 0.2) is 18.2 Å². The summed E-state index contributed by atoms with van der Waals surface area (Å²) in [6.07, 6.45) is 0.502. The Morgan fingerprint density at radius 3 is 2.22 bits per heavy atom. The minimum atomic E-state index is -0.877. The van der Waals surface area contributed by atoms with E-state index in [0.29, 0.717) is 12.0 Å². The summed E-state index contributed by atoms with van der Waals surface area (Å²) in [5.74, 6) is -1.63. The zero-order chi connectivity index (χ0) is 13.7. The van der Waals surface area contributed by atoms with E-state index >= 15 is 0 Å². The Hall–Kier alpha value is -1.84. The van der Waals surface area contributed by atoms with Crippen LogP contribution in [-0.2, 0) is 4.79 Å². The number of amides is 1. The highest BCUT2D eigenvalue weighted by Crippen LogP contribution is 2.09. The quantitative estimate of drug-likeness (QED) is 0.840. The van der Waals surface area contributed by atoms with Gasteiger partial charge in [0.2, 0.25) is 0 Å². The minimum Gasteiger partial charge on any atom is -0.481 e. The molecule has 1 unspecified atom stereocenters. The van der Waals surface area contributed by atoms with Crippen LogP contribution in [0.25, 0.3) is 0 Å². The number of hydrogen-bond acceptors (Lipinski definition) is 2. The van der Waals surface area contributed by atoms with Crippen molar-refractivity contribution >= 4 is 11.9 Å². The van der Waals surface area contributed by atoms with Crippen LogP contribution in [0.3, 0.4) is 0 Å². The molecular formula is C14H19NO3. The van der Waals surface area contributed by atoms with Crippen LogP contribution in [0.2, 0.25) is 0 Å². The number of carboxylic acid groups (broad SMARTS) is 1. The van der Waals surface area contributed by atoms with E-state index in [2.05, 4.69) is 5.32 Å². The number of aliphatic carboxylic acids is 1. The van der Waals surface area contributed by atoms with Gasteiger partial charge in [0.05, 0.1) is 5.92 Å². The standard InChI is InChI=1S/C14H19NO3/c1-4-11(14(17)18)8-15-13(16)12-6-9(2)5-10(3)7-12/h5-7,11H,4,8H2,1-3H3,(H,15,16)(H,17,18). The van der Waals surface area contributed by atoms with Crippen molar-refractivity contribution in [3.63, 3.8) is 0 Å². The van der Waals surface area contributed by atoms with Crippen LogP contribution in [-0.4, -0.2) is 23.5 Å². The second-order valence-corrected chi connectivity index (χ2v) is 4.53. The molecule has 1 aromatic rings. The highest BCUT2D eigenvalue weighted by molar-refractivity contribution is 5.94. The maximum absolute atomic E-state index is 11.9. The van der Waals surface area contributed by atoms with Crippen molar-refractivity contribution in [3.8, 4) is 0 Å². The second-order valence-electron chi connectivity index (χ2n) is 4.53. The first-order valence-corrected chi connectivity index (χ1v) is 6.03. The number of rotatable bonds is 5. The van der Waals surface area contributed by atoms with E-state index in [0.717, 1.165) is 11.1 Å². The van der Waals surface area contributed by atoms with Gasteiger partial charge in [-0.1, -0.05) is 24.1 Å². The van der Waals surface area contributed by atoms with Crippen LogP contribution in [0, 0.1) is 19.8 Å². The maximum Gasteiger partial charge on any atom is 0.308 e. The molecule has 0 aliphatic carbocycles. The molecule has 1 rings (SSSR count). The third-order valence-electron chi connectivity index (χ3n) is 2.83. The summed E-state index contributed by atoms with van der Waals surface area (Å²) in [7, 11) is 0. The predicted molar refractivity (Wildman–Crippen MR) is 69.7 cm³/mol. The van der Waals surface area contributed by atoms with Gasteiger partial charge in [-0.2, -0.15) is 0 Å². The molecule has 0 heterocycles.